The lowest BCUT2D eigenvalue weighted by molar-refractivity contribution is -0.438. The number of benzene rings is 4. The van der Waals surface area contributed by atoms with Gasteiger partial charge in [-0.05, 0) is 150 Å². The van der Waals surface area contributed by atoms with E-state index in [2.05, 4.69) is 21.3 Å². The van der Waals surface area contributed by atoms with E-state index in [4.69, 9.17) is 5.11 Å². The molecule has 6 rings (SSSR count). The van der Waals surface area contributed by atoms with Gasteiger partial charge in [-0.2, -0.15) is 38.2 Å². The van der Waals surface area contributed by atoms with Gasteiger partial charge in [0.25, 0.3) is 40.5 Å². The summed E-state index contributed by atoms with van der Waals surface area (Å²) in [5, 5.41) is 50.0. The number of unbranched alkanes of at least 4 members (excludes halogenated alkanes) is 7. The smallest absolute Gasteiger partial charge is 0.326 e. The highest BCUT2D eigenvalue weighted by Gasteiger charge is 2.47. The summed E-state index contributed by atoms with van der Waals surface area (Å²) >= 11 is 0. The third kappa shape index (κ3) is 21.7. The molecule has 558 valence electrons. The number of carboxylic acid groups (broad SMARTS) is 4. The molecule has 2 heterocycles. The number of carboxylic acids is 4. The monoisotopic (exact) mass is 1500 g/mol. The first-order valence-electron chi connectivity index (χ1n) is 33.0. The summed E-state index contributed by atoms with van der Waals surface area (Å²) in [4.78, 5) is 95.1. The molecule has 2 aliphatic rings. The molecule has 13 N–H and O–H groups in total. The van der Waals surface area contributed by atoms with Crippen LogP contribution in [0.2, 0.25) is 0 Å². The van der Waals surface area contributed by atoms with Crippen molar-refractivity contribution in [2.75, 3.05) is 31.1 Å². The first-order chi connectivity index (χ1) is 47.6. The van der Waals surface area contributed by atoms with E-state index in [0.717, 1.165) is 12.1 Å². The van der Waals surface area contributed by atoms with Gasteiger partial charge in [0.15, 0.2) is 5.71 Å². The maximum Gasteiger partial charge on any atom is 0.326 e. The van der Waals surface area contributed by atoms with E-state index >= 15 is 0 Å². The van der Waals surface area contributed by atoms with Crippen LogP contribution in [0.15, 0.2) is 104 Å². The number of carbonyl (C=O) groups is 8. The Balaban J connectivity index is 0.990. The molecular formula is C67H88N7O24S4+. The standard InChI is InChI=1S/C67H87N7O24S4/c1-6-73-50-31-28-43-45(37-41(99(87,88)89)39-52(43)101(93,94)95)60(50)66(2,3)54(73)23-11-9-12-24-55-67(4,5)61-46-38-42(100(90,91)92)40-53(102(96,97)98)44(46)29-32-51(61)74(55)36-20-10-15-26-57(76)69-34-18-16-21-47(62(80)81)70-58(77)27-14-8-7-13-25-56(75)68-35-19-17-22-48(63(82)83)71-65(86)72-49(64(84)85)30-33-59(78)79/h9,11-12,23-24,28-29,31-32,37-40,47-49H,6-8,10,13-22,25-27,30,33-36H2,1-5H3,(H12-,68,69,70,71,72,75,76,77,78,79,80,81,82,83,84,85,86,87,88,89,90,91,92,93,94,95,96,97,98)/p+1/t47?,48-,49-/m0/s1. The minimum absolute atomic E-state index is 0.00711. The number of nitrogens with one attached hydrogen (secondary N) is 5. The van der Waals surface area contributed by atoms with Gasteiger partial charge < -0.3 is 51.9 Å². The third-order valence-corrected chi connectivity index (χ3v) is 21.3. The highest BCUT2D eigenvalue weighted by atomic mass is 32.2. The Morgan fingerprint density at radius 2 is 0.951 bits per heavy atom. The van der Waals surface area contributed by atoms with Crippen molar-refractivity contribution in [1.82, 2.24) is 26.6 Å². The molecule has 4 aromatic rings. The van der Waals surface area contributed by atoms with Gasteiger partial charge in [0.2, 0.25) is 23.4 Å². The summed E-state index contributed by atoms with van der Waals surface area (Å²) in [7, 11) is -20.0. The lowest BCUT2D eigenvalue weighted by Crippen LogP contribution is -2.51. The maximum absolute atomic E-state index is 13.0. The highest BCUT2D eigenvalue weighted by molar-refractivity contribution is 7.87. The Morgan fingerprint density at radius 3 is 1.42 bits per heavy atom. The van der Waals surface area contributed by atoms with Crippen LogP contribution in [-0.4, -0.2) is 175 Å². The highest BCUT2D eigenvalue weighted by Crippen LogP contribution is 2.52. The number of hydrogen-bond donors (Lipinski definition) is 13. The molecule has 35 heteroatoms. The molecule has 0 spiro atoms. The van der Waals surface area contributed by atoms with Gasteiger partial charge in [0, 0.05) is 97.0 Å². The largest absolute Gasteiger partial charge is 0.481 e. The van der Waals surface area contributed by atoms with Gasteiger partial charge in [-0.25, -0.2) is 19.2 Å². The predicted molar refractivity (Wildman–Crippen MR) is 373 cm³/mol. The number of hydrogen-bond acceptors (Lipinski definition) is 17. The van der Waals surface area contributed by atoms with Crippen molar-refractivity contribution in [2.24, 2.45) is 0 Å². The Kier molecular flexibility index (Phi) is 28.2. The zero-order valence-corrected chi connectivity index (χ0v) is 60.2. The van der Waals surface area contributed by atoms with Crippen LogP contribution in [0.3, 0.4) is 0 Å². The van der Waals surface area contributed by atoms with Crippen LogP contribution in [0.4, 0.5) is 16.2 Å². The molecule has 0 aliphatic carbocycles. The number of fused-ring (bicyclic) bond motifs is 6. The van der Waals surface area contributed by atoms with E-state index in [1.165, 1.54) is 12.1 Å². The van der Waals surface area contributed by atoms with Crippen LogP contribution in [0.1, 0.15) is 161 Å². The summed E-state index contributed by atoms with van der Waals surface area (Å²) in [6.45, 7) is 10.5. The molecule has 5 amide bonds. The second-order valence-corrected chi connectivity index (χ2v) is 31.5. The molecule has 0 saturated heterocycles. The molecule has 3 atom stereocenters. The SMILES string of the molecule is CCN1/C(=C/C=C/C=C/C2=[N+](CCCCCC(=O)NCCCCC(NC(=O)CCCCCCC(=O)NCCCC[C@H](NC(=O)N[C@@H](CCC(=O)O)C(=O)O)C(=O)O)C(=O)O)c3ccc4c(S(=O)(=O)O)cc(S(=O)(=O)O)cc4c3C2(C)C)C(C)(C)c2c1ccc1c(S(=O)(=O)O)cc(S(=O)(=O)O)cc21. The third-order valence-electron chi connectivity index (χ3n) is 17.8. The summed E-state index contributed by atoms with van der Waals surface area (Å²) in [6, 6.07) is 4.71. The van der Waals surface area contributed by atoms with E-state index in [9.17, 15) is 106 Å². The van der Waals surface area contributed by atoms with Gasteiger partial charge >= 0.3 is 29.9 Å². The average molecular weight is 1500 g/mol. The average Bonchev–Trinajstić information content (AvgIpc) is 1.53. The van der Waals surface area contributed by atoms with Crippen molar-refractivity contribution in [1.29, 1.82) is 0 Å². The van der Waals surface area contributed by atoms with E-state index in [0.29, 0.717) is 123 Å². The molecule has 102 heavy (non-hydrogen) atoms. The minimum Gasteiger partial charge on any atom is -0.481 e. The molecule has 0 aromatic heterocycles. The molecule has 2 aliphatic heterocycles. The first kappa shape index (κ1) is 82.2. The van der Waals surface area contributed by atoms with Gasteiger partial charge in [-0.15, -0.1) is 0 Å². The van der Waals surface area contributed by atoms with Crippen LogP contribution in [-0.2, 0) is 84.9 Å². The van der Waals surface area contributed by atoms with Gasteiger partial charge in [-0.3, -0.25) is 37.4 Å². The summed E-state index contributed by atoms with van der Waals surface area (Å²) in [5.74, 6) is -6.30. The van der Waals surface area contributed by atoms with Crippen molar-refractivity contribution >= 4 is 127 Å². The quantitative estimate of drug-likeness (QED) is 0.00899. The fraction of sp³-hybridized carbons (Fsp3) is 0.478. The topological polar surface area (TPSA) is 501 Å². The number of urea groups is 1. The molecule has 4 aromatic carbocycles. The number of rotatable bonds is 40. The molecule has 0 fully saturated rings. The Bertz CT molecular complexity index is 4510. The van der Waals surface area contributed by atoms with Crippen molar-refractivity contribution in [3.8, 4) is 0 Å². The fourth-order valence-corrected chi connectivity index (χ4v) is 15.5. The first-order valence-corrected chi connectivity index (χ1v) is 38.8. The van der Waals surface area contributed by atoms with E-state index in [1.54, 1.807) is 30.4 Å². The van der Waals surface area contributed by atoms with Gasteiger partial charge in [-0.1, -0.05) is 51.0 Å². The number of allylic oxidation sites excluding steroid dienone is 6. The van der Waals surface area contributed by atoms with Crippen molar-refractivity contribution in [2.45, 2.75) is 199 Å². The predicted octanol–water partition coefficient (Wildman–Crippen LogP) is 7.28. The normalized spacial score (nSPS) is 15.7. The molecule has 0 bridgehead atoms. The molecule has 0 saturated carbocycles. The Hall–Kier alpha value is -8.71. The van der Waals surface area contributed by atoms with Crippen LogP contribution >= 0.6 is 0 Å². The zero-order valence-electron chi connectivity index (χ0n) is 56.9. The van der Waals surface area contributed by atoms with Crippen LogP contribution in [0.25, 0.3) is 21.5 Å². The number of nitrogens with zero attached hydrogens (tertiary/aromatic N) is 2. The fourth-order valence-electron chi connectivity index (χ4n) is 12.8. The maximum atomic E-state index is 13.0. The molecule has 0 radical (unpaired) electrons. The van der Waals surface area contributed by atoms with Crippen LogP contribution < -0.4 is 31.5 Å². The number of aliphatic carboxylic acids is 4. The second kappa shape index (κ2) is 35.0. The number of carbonyl (C=O) groups excluding carboxylic acids is 4. The lowest BCUT2D eigenvalue weighted by Gasteiger charge is -2.26. The number of likely N-dealkylation sites (N-methyl/N-ethyl adjacent to an activating group) is 1. The number of amides is 5. The van der Waals surface area contributed by atoms with Crippen molar-refractivity contribution in [3.63, 3.8) is 0 Å². The van der Waals surface area contributed by atoms with Gasteiger partial charge in [0.05, 0.1) is 15.2 Å². The number of anilines is 1. The summed E-state index contributed by atoms with van der Waals surface area (Å²) < 4.78 is 143. The lowest BCUT2D eigenvalue weighted by atomic mass is 9.79. The molecular weight excluding hydrogens is 1420 g/mol. The van der Waals surface area contributed by atoms with E-state index in [1.807, 2.05) is 61.6 Å². The second-order valence-electron chi connectivity index (χ2n) is 25.9. The van der Waals surface area contributed by atoms with Crippen molar-refractivity contribution < 1.29 is 115 Å². The van der Waals surface area contributed by atoms with Crippen molar-refractivity contribution in [3.05, 3.63) is 95.7 Å². The Morgan fingerprint density at radius 1 is 0.490 bits per heavy atom. The molecule has 31 nitrogen and oxygen atoms in total. The summed E-state index contributed by atoms with van der Waals surface area (Å²) in [6.07, 6.45) is 13.5. The zero-order chi connectivity index (χ0) is 75.9. The minimum atomic E-state index is -5.04. The van der Waals surface area contributed by atoms with Crippen LogP contribution in [0, 0.1) is 0 Å². The van der Waals surface area contributed by atoms with Crippen LogP contribution in [0.5, 0.6) is 0 Å². The Labute approximate surface area is 591 Å². The molecule has 1 unspecified atom stereocenters. The van der Waals surface area contributed by atoms with E-state index in [-0.39, 0.29) is 85.0 Å². The summed E-state index contributed by atoms with van der Waals surface area (Å²) in [5.41, 5.74) is 1.65. The van der Waals surface area contributed by atoms with E-state index < -0.39 is 138 Å². The van der Waals surface area contributed by atoms with Gasteiger partial charge in [0.1, 0.15) is 34.5 Å².